The van der Waals surface area contributed by atoms with Crippen molar-refractivity contribution in [3.63, 3.8) is 0 Å². The summed E-state index contributed by atoms with van der Waals surface area (Å²) in [6, 6.07) is 5.50. The second-order valence-electron chi connectivity index (χ2n) is 5.55. The smallest absolute Gasteiger partial charge is 0.309 e. The third-order valence-electron chi connectivity index (χ3n) is 3.87. The lowest BCUT2D eigenvalue weighted by Gasteiger charge is -2.18. The number of hydrogen-bond acceptors (Lipinski definition) is 5. The Morgan fingerprint density at radius 3 is 3.04 bits per heavy atom. The first kappa shape index (κ1) is 16.6. The van der Waals surface area contributed by atoms with Crippen molar-refractivity contribution in [2.45, 2.75) is 26.2 Å². The number of benzene rings is 1. The minimum atomic E-state index is -0.460. The van der Waals surface area contributed by atoms with Crippen LogP contribution in [0.25, 0.3) is 0 Å². The van der Waals surface area contributed by atoms with E-state index in [1.165, 1.54) is 29.5 Å². The lowest BCUT2D eigenvalue weighted by Crippen LogP contribution is -2.24. The van der Waals surface area contributed by atoms with E-state index in [0.717, 1.165) is 10.6 Å². The normalized spacial score (nSPS) is 16.3. The molecule has 0 saturated heterocycles. The predicted octanol–water partition coefficient (Wildman–Crippen LogP) is 3.20. The Labute approximate surface area is 142 Å². The number of fused-ring (bicyclic) bond motifs is 1. The number of hydrogen-bond donors (Lipinski definition) is 1. The highest BCUT2D eigenvalue weighted by molar-refractivity contribution is 7.15. The van der Waals surface area contributed by atoms with Gasteiger partial charge in [-0.1, -0.05) is 6.07 Å². The van der Waals surface area contributed by atoms with Gasteiger partial charge in [0, 0.05) is 10.4 Å². The number of nitrogens with one attached hydrogen (secondary N) is 1. The summed E-state index contributed by atoms with van der Waals surface area (Å²) >= 11 is 1.36. The number of rotatable bonds is 4. The fraction of sp³-hybridized carbons (Fsp3) is 0.353. The van der Waals surface area contributed by atoms with Crippen LogP contribution in [0.15, 0.2) is 24.3 Å². The standard InChI is InChI=1S/C17H17FN2O3S/c1-2-23-16(22)11-6-7-13-14(9-11)24-17(19-13)20-15(21)10-4-3-5-12(18)8-10/h3-5,8,11H,2,6-7,9H2,1H3,(H,19,20,21). The van der Waals surface area contributed by atoms with Crippen molar-refractivity contribution in [2.24, 2.45) is 5.92 Å². The van der Waals surface area contributed by atoms with Crippen LogP contribution in [0.3, 0.4) is 0 Å². The topological polar surface area (TPSA) is 68.3 Å². The fourth-order valence-electron chi connectivity index (χ4n) is 2.69. The lowest BCUT2D eigenvalue weighted by molar-refractivity contribution is -0.148. The molecule has 5 nitrogen and oxygen atoms in total. The van der Waals surface area contributed by atoms with Gasteiger partial charge in [0.1, 0.15) is 5.82 Å². The first-order valence-electron chi connectivity index (χ1n) is 7.79. The number of anilines is 1. The molecule has 0 spiro atoms. The molecule has 1 atom stereocenters. The maximum atomic E-state index is 13.2. The minimum Gasteiger partial charge on any atom is -0.466 e. The number of esters is 1. The zero-order valence-corrected chi connectivity index (χ0v) is 14.0. The van der Waals surface area contributed by atoms with Crippen molar-refractivity contribution in [1.29, 1.82) is 0 Å². The van der Waals surface area contributed by atoms with E-state index in [4.69, 9.17) is 4.74 Å². The number of thiazole rings is 1. The number of amides is 1. The van der Waals surface area contributed by atoms with E-state index in [2.05, 4.69) is 10.3 Å². The van der Waals surface area contributed by atoms with E-state index in [1.807, 2.05) is 0 Å². The van der Waals surface area contributed by atoms with Crippen LogP contribution in [0, 0.1) is 11.7 Å². The van der Waals surface area contributed by atoms with Crippen LogP contribution in [-0.2, 0) is 22.4 Å². The van der Waals surface area contributed by atoms with E-state index in [9.17, 15) is 14.0 Å². The van der Waals surface area contributed by atoms with E-state index in [-0.39, 0.29) is 17.5 Å². The molecule has 126 valence electrons. The van der Waals surface area contributed by atoms with Gasteiger partial charge in [0.2, 0.25) is 0 Å². The highest BCUT2D eigenvalue weighted by Gasteiger charge is 2.28. The van der Waals surface area contributed by atoms with E-state index < -0.39 is 11.7 Å². The SMILES string of the molecule is CCOC(=O)C1CCc2nc(NC(=O)c3cccc(F)c3)sc2C1. The van der Waals surface area contributed by atoms with Crippen LogP contribution in [0.1, 0.15) is 34.3 Å². The molecule has 7 heteroatoms. The molecule has 0 radical (unpaired) electrons. The lowest BCUT2D eigenvalue weighted by atomic mass is 9.91. The molecule has 0 fully saturated rings. The number of aryl methyl sites for hydroxylation is 1. The van der Waals surface area contributed by atoms with Crippen LogP contribution in [-0.4, -0.2) is 23.5 Å². The minimum absolute atomic E-state index is 0.148. The second-order valence-corrected chi connectivity index (χ2v) is 6.63. The average Bonchev–Trinajstić information content (AvgIpc) is 2.96. The van der Waals surface area contributed by atoms with Gasteiger partial charge >= 0.3 is 5.97 Å². The molecule has 1 aromatic carbocycles. The Kier molecular flexibility index (Phi) is 4.89. The zero-order chi connectivity index (χ0) is 17.1. The molecule has 1 aromatic heterocycles. The van der Waals surface area contributed by atoms with Gasteiger partial charge in [-0.15, -0.1) is 11.3 Å². The molecule has 1 amide bonds. The van der Waals surface area contributed by atoms with Crippen LogP contribution in [0.5, 0.6) is 0 Å². The summed E-state index contributed by atoms with van der Waals surface area (Å²) in [5.41, 5.74) is 1.16. The van der Waals surface area contributed by atoms with E-state index in [1.54, 1.807) is 13.0 Å². The van der Waals surface area contributed by atoms with Gasteiger partial charge in [-0.2, -0.15) is 0 Å². The van der Waals surface area contributed by atoms with Gasteiger partial charge in [0.25, 0.3) is 5.91 Å². The maximum absolute atomic E-state index is 13.2. The monoisotopic (exact) mass is 348 g/mol. The third kappa shape index (κ3) is 3.62. The first-order chi connectivity index (χ1) is 11.6. The summed E-state index contributed by atoms with van der Waals surface area (Å²) < 4.78 is 18.3. The average molecular weight is 348 g/mol. The van der Waals surface area contributed by atoms with Crippen molar-refractivity contribution in [3.8, 4) is 0 Å². The van der Waals surface area contributed by atoms with Crippen molar-refractivity contribution >= 4 is 28.3 Å². The number of carbonyl (C=O) groups excluding carboxylic acids is 2. The van der Waals surface area contributed by atoms with Gasteiger partial charge < -0.3 is 4.74 Å². The summed E-state index contributed by atoms with van der Waals surface area (Å²) in [5, 5.41) is 3.17. The predicted molar refractivity (Wildman–Crippen MR) is 88.6 cm³/mol. The quantitative estimate of drug-likeness (QED) is 0.862. The van der Waals surface area contributed by atoms with Gasteiger partial charge in [0.05, 0.1) is 18.2 Å². The molecule has 1 N–H and O–H groups in total. The molecular formula is C17H17FN2O3S. The van der Waals surface area contributed by atoms with Crippen molar-refractivity contribution in [2.75, 3.05) is 11.9 Å². The molecule has 3 rings (SSSR count). The molecule has 1 unspecified atom stereocenters. The summed E-state index contributed by atoms with van der Waals surface area (Å²) in [6.07, 6.45) is 1.97. The van der Waals surface area contributed by atoms with Crippen LogP contribution in [0.2, 0.25) is 0 Å². The highest BCUT2D eigenvalue weighted by atomic mass is 32.1. The van der Waals surface area contributed by atoms with Crippen LogP contribution < -0.4 is 5.32 Å². The maximum Gasteiger partial charge on any atom is 0.309 e. The fourth-order valence-corrected chi connectivity index (χ4v) is 3.77. The molecule has 1 aliphatic rings. The van der Waals surface area contributed by atoms with Crippen molar-refractivity contribution in [3.05, 3.63) is 46.2 Å². The van der Waals surface area contributed by atoms with Crippen molar-refractivity contribution < 1.29 is 18.7 Å². The Hall–Kier alpha value is -2.28. The number of ether oxygens (including phenoxy) is 1. The molecule has 1 heterocycles. The molecular weight excluding hydrogens is 331 g/mol. The van der Waals surface area contributed by atoms with E-state index in [0.29, 0.717) is 31.0 Å². The Morgan fingerprint density at radius 2 is 2.29 bits per heavy atom. The molecule has 24 heavy (non-hydrogen) atoms. The largest absolute Gasteiger partial charge is 0.466 e. The zero-order valence-electron chi connectivity index (χ0n) is 13.2. The summed E-state index contributed by atoms with van der Waals surface area (Å²) in [5.74, 6) is -1.19. The van der Waals surface area contributed by atoms with Crippen LogP contribution in [0.4, 0.5) is 9.52 Å². The summed E-state index contributed by atoms with van der Waals surface area (Å²) in [7, 11) is 0. The summed E-state index contributed by atoms with van der Waals surface area (Å²) in [6.45, 7) is 2.17. The Morgan fingerprint density at radius 1 is 1.46 bits per heavy atom. The van der Waals surface area contributed by atoms with E-state index >= 15 is 0 Å². The molecule has 0 bridgehead atoms. The first-order valence-corrected chi connectivity index (χ1v) is 8.60. The number of halogens is 1. The highest BCUT2D eigenvalue weighted by Crippen LogP contribution is 2.33. The molecule has 1 aliphatic carbocycles. The van der Waals surface area contributed by atoms with Gasteiger partial charge in [-0.05, 0) is 44.4 Å². The van der Waals surface area contributed by atoms with Gasteiger partial charge in [-0.25, -0.2) is 9.37 Å². The second kappa shape index (κ2) is 7.09. The summed E-state index contributed by atoms with van der Waals surface area (Å²) in [4.78, 5) is 29.4. The van der Waals surface area contributed by atoms with Crippen molar-refractivity contribution in [1.82, 2.24) is 4.98 Å². The van der Waals surface area contributed by atoms with Gasteiger partial charge in [0.15, 0.2) is 5.13 Å². The molecule has 0 aliphatic heterocycles. The number of carbonyl (C=O) groups is 2. The van der Waals surface area contributed by atoms with Gasteiger partial charge in [-0.3, -0.25) is 14.9 Å². The molecule has 0 saturated carbocycles. The Bertz CT molecular complexity index is 775. The Balaban J connectivity index is 1.70. The van der Waals surface area contributed by atoms with Crippen LogP contribution >= 0.6 is 11.3 Å². The third-order valence-corrected chi connectivity index (χ3v) is 4.90. The number of nitrogens with zero attached hydrogens (tertiary/aromatic N) is 1. The number of aromatic nitrogens is 1. The molecule has 2 aromatic rings.